The summed E-state index contributed by atoms with van der Waals surface area (Å²) in [7, 11) is 5.44. The van der Waals surface area contributed by atoms with Gasteiger partial charge in [-0.3, -0.25) is 34.1 Å². The van der Waals surface area contributed by atoms with Crippen LogP contribution in [0.1, 0.15) is 103 Å². The van der Waals surface area contributed by atoms with Crippen molar-refractivity contribution in [1.82, 2.24) is 35.1 Å². The third-order valence-electron chi connectivity index (χ3n) is 14.4. The van der Waals surface area contributed by atoms with Gasteiger partial charge in [-0.05, 0) is 125 Å². The fourth-order valence-corrected chi connectivity index (χ4v) is 9.43. The molecule has 0 spiro atoms. The number of nitrogens with one attached hydrogen (secondary N) is 2. The maximum atomic E-state index is 15.0. The van der Waals surface area contributed by atoms with Crippen molar-refractivity contribution >= 4 is 34.6 Å². The molecule has 3 aliphatic rings. The minimum absolute atomic E-state index is 0.0210. The maximum Gasteiger partial charge on any atom is 0.324 e. The summed E-state index contributed by atoms with van der Waals surface area (Å²) in [6, 6.07) is 12.5. The average molecular weight is 980 g/mol. The van der Waals surface area contributed by atoms with E-state index in [4.69, 9.17) is 19.2 Å². The smallest absolute Gasteiger partial charge is 0.324 e. The van der Waals surface area contributed by atoms with Gasteiger partial charge in [0.2, 0.25) is 5.91 Å². The third-order valence-corrected chi connectivity index (χ3v) is 14.4. The third kappa shape index (κ3) is 12.0. The molecule has 4 atom stereocenters. The summed E-state index contributed by atoms with van der Waals surface area (Å²) in [5.74, 6) is 3.06. The van der Waals surface area contributed by atoms with Gasteiger partial charge >= 0.3 is 5.97 Å². The number of aromatic nitrogens is 2. The SMILES string of the molecule is CCn1c(-c2cccnc2[C@H](C)OC)c2c3cc(ccc31)-c1cc(cc(C(F)F)c1)C[C@H](NC(=O)C(COC1CN(C(=O)C#CC(C)(C)N(C)C)C1)C(C)C)C(=O)N1CCC[C@H](N1)C(=O)OCC(C)(C)C2. The molecule has 2 saturated heterocycles. The van der Waals surface area contributed by atoms with Crippen LogP contribution in [0, 0.1) is 29.1 Å². The number of likely N-dealkylation sites (tertiary alicyclic amines) is 1. The van der Waals surface area contributed by atoms with Crippen LogP contribution in [-0.2, 0) is 52.8 Å². The van der Waals surface area contributed by atoms with E-state index in [1.165, 1.54) is 17.1 Å². The predicted octanol–water partition coefficient (Wildman–Crippen LogP) is 7.53. The quantitative estimate of drug-likeness (QED) is 0.108. The Morgan fingerprint density at radius 1 is 1.07 bits per heavy atom. The van der Waals surface area contributed by atoms with E-state index >= 15 is 0 Å². The Labute approximate surface area is 417 Å². The van der Waals surface area contributed by atoms with Crippen LogP contribution in [0.5, 0.6) is 0 Å². The number of cyclic esters (lactones) is 1. The monoisotopic (exact) mass is 980 g/mol. The zero-order valence-electron chi connectivity index (χ0n) is 43.2. The number of esters is 1. The lowest BCUT2D eigenvalue weighted by molar-refractivity contribution is -0.155. The van der Waals surface area contributed by atoms with Crippen molar-refractivity contribution in [3.8, 4) is 34.2 Å². The Bertz CT molecular complexity index is 2680. The van der Waals surface area contributed by atoms with Crippen LogP contribution in [0.25, 0.3) is 33.3 Å². The number of nitrogens with zero attached hydrogens (tertiary/aromatic N) is 5. The van der Waals surface area contributed by atoms with Crippen molar-refractivity contribution in [2.24, 2.45) is 17.3 Å². The van der Waals surface area contributed by atoms with Gasteiger partial charge in [0.05, 0.1) is 48.3 Å². The minimum Gasteiger partial charge on any atom is -0.464 e. The fraction of sp³-hybridized carbons (Fsp3) is 0.545. The number of halogens is 2. The van der Waals surface area contributed by atoms with E-state index in [0.717, 1.165) is 33.4 Å². The van der Waals surface area contributed by atoms with E-state index < -0.39 is 53.2 Å². The van der Waals surface area contributed by atoms with Crippen LogP contribution in [0.15, 0.2) is 54.7 Å². The van der Waals surface area contributed by atoms with Gasteiger partial charge < -0.3 is 29.0 Å². The van der Waals surface area contributed by atoms with Gasteiger partial charge in [-0.25, -0.2) is 14.2 Å². The second-order valence-corrected chi connectivity index (χ2v) is 21.1. The second kappa shape index (κ2) is 21.9. The molecule has 0 radical (unpaired) electrons. The van der Waals surface area contributed by atoms with Crippen molar-refractivity contribution in [2.75, 3.05) is 54.1 Å². The van der Waals surface area contributed by atoms with Crippen molar-refractivity contribution in [3.05, 3.63) is 77.1 Å². The number of carbonyl (C=O) groups excluding carboxylic acids is 4. The number of pyridine rings is 1. The molecule has 382 valence electrons. The molecule has 0 aliphatic carbocycles. The molecule has 3 amide bonds. The molecule has 4 aromatic rings. The van der Waals surface area contributed by atoms with Crippen LogP contribution in [-0.4, -0.2) is 126 Å². The topological polar surface area (TPSA) is 148 Å². The molecule has 6 bridgehead atoms. The first-order valence-corrected chi connectivity index (χ1v) is 24.8. The first kappa shape index (κ1) is 53.1. The number of hydrazine groups is 1. The Morgan fingerprint density at radius 2 is 1.82 bits per heavy atom. The highest BCUT2D eigenvalue weighted by molar-refractivity contribution is 5.96. The molecule has 5 heterocycles. The number of rotatable bonds is 12. The number of hydrogen-bond acceptors (Lipinski definition) is 10. The molecule has 0 saturated carbocycles. The first-order valence-electron chi connectivity index (χ1n) is 24.8. The number of amides is 3. The highest BCUT2D eigenvalue weighted by atomic mass is 19.3. The summed E-state index contributed by atoms with van der Waals surface area (Å²) in [6.45, 7) is 17.3. The van der Waals surface area contributed by atoms with Gasteiger partial charge in [0.15, 0.2) is 0 Å². The summed E-state index contributed by atoms with van der Waals surface area (Å²) in [6.07, 6.45) is -0.462. The zero-order valence-corrected chi connectivity index (χ0v) is 43.2. The molecule has 2 aromatic carbocycles. The number of ether oxygens (including phenoxy) is 3. The standard InChI is InChI=1S/C55H71F2N7O7/c1-12-63-46-18-17-36-27-41(46)42(49(63)40-15-13-21-58-48(40)34(4)69-11)28-54(5,6)32-71-53(68)44-16-14-22-64(60-44)52(67)45(25-35-23-37(36)26-38(24-35)50(56)57)59-51(66)43(33(2)3)31-70-39-29-62(30-39)47(65)19-20-55(7,8)61(9)10/h13,15,17-18,21,23-24,26-27,33-34,39,43-45,50,60H,12,14,16,22,25,28-32H2,1-11H3,(H,59,66)/t34-,43?,44-,45-/m0/s1. The molecule has 2 fully saturated rings. The highest BCUT2D eigenvalue weighted by Crippen LogP contribution is 2.42. The van der Waals surface area contributed by atoms with Gasteiger partial charge in [-0.15, -0.1) is 0 Å². The van der Waals surface area contributed by atoms with E-state index in [0.29, 0.717) is 55.6 Å². The minimum atomic E-state index is -2.83. The van der Waals surface area contributed by atoms with Crippen LogP contribution in [0.3, 0.4) is 0 Å². The number of methoxy groups -OCH3 is 1. The van der Waals surface area contributed by atoms with Gasteiger partial charge in [0.1, 0.15) is 12.1 Å². The average Bonchev–Trinajstić information content (AvgIpc) is 3.63. The molecule has 1 unspecified atom stereocenters. The Hall–Kier alpha value is -5.73. The summed E-state index contributed by atoms with van der Waals surface area (Å²) < 4.78 is 50.3. The molecule has 16 heteroatoms. The lowest BCUT2D eigenvalue weighted by Gasteiger charge is -2.39. The Morgan fingerprint density at radius 3 is 2.49 bits per heavy atom. The van der Waals surface area contributed by atoms with Crippen molar-refractivity contribution < 1.29 is 42.2 Å². The summed E-state index contributed by atoms with van der Waals surface area (Å²) in [5.41, 5.74) is 7.98. The molecular weight excluding hydrogens is 909 g/mol. The van der Waals surface area contributed by atoms with Gasteiger partial charge in [-0.2, -0.15) is 0 Å². The Balaban J connectivity index is 1.25. The lowest BCUT2D eigenvalue weighted by atomic mass is 9.84. The van der Waals surface area contributed by atoms with Gasteiger partial charge in [0.25, 0.3) is 18.2 Å². The van der Waals surface area contributed by atoms with Gasteiger partial charge in [0, 0.05) is 73.4 Å². The molecule has 7 rings (SSSR count). The van der Waals surface area contributed by atoms with Crippen LogP contribution in [0.4, 0.5) is 8.78 Å². The number of hydrogen-bond donors (Lipinski definition) is 2. The van der Waals surface area contributed by atoms with E-state index in [9.17, 15) is 28.0 Å². The van der Waals surface area contributed by atoms with Crippen LogP contribution < -0.4 is 10.7 Å². The number of fused-ring (bicyclic) bond motifs is 6. The molecular formula is C55H71F2N7O7. The highest BCUT2D eigenvalue weighted by Gasteiger charge is 2.38. The molecule has 3 aliphatic heterocycles. The predicted molar refractivity (Wildman–Crippen MR) is 269 cm³/mol. The van der Waals surface area contributed by atoms with E-state index in [1.807, 2.05) is 104 Å². The molecule has 2 N–H and O–H groups in total. The molecule has 14 nitrogen and oxygen atoms in total. The second-order valence-electron chi connectivity index (χ2n) is 21.1. The summed E-state index contributed by atoms with van der Waals surface area (Å²) in [4.78, 5) is 64.2. The number of aryl methyl sites for hydroxylation is 1. The van der Waals surface area contributed by atoms with Crippen LogP contribution in [0.2, 0.25) is 0 Å². The van der Waals surface area contributed by atoms with E-state index in [1.54, 1.807) is 18.2 Å². The fourth-order valence-electron chi connectivity index (χ4n) is 9.43. The zero-order chi connectivity index (χ0) is 51.5. The van der Waals surface area contributed by atoms with E-state index in [2.05, 4.69) is 34.1 Å². The van der Waals surface area contributed by atoms with Crippen molar-refractivity contribution in [2.45, 2.75) is 124 Å². The number of benzene rings is 2. The van der Waals surface area contributed by atoms with E-state index in [-0.39, 0.29) is 55.8 Å². The van der Waals surface area contributed by atoms with Crippen molar-refractivity contribution in [3.63, 3.8) is 0 Å². The van der Waals surface area contributed by atoms with Gasteiger partial charge in [-0.1, -0.05) is 51.8 Å². The molecule has 71 heavy (non-hydrogen) atoms. The number of carbonyl (C=O) groups is 4. The first-order chi connectivity index (χ1) is 33.6. The van der Waals surface area contributed by atoms with Crippen LogP contribution >= 0.6 is 0 Å². The molecule has 2 aromatic heterocycles. The Kier molecular flexibility index (Phi) is 16.4. The normalized spacial score (nSPS) is 19.8. The van der Waals surface area contributed by atoms with Crippen molar-refractivity contribution in [1.29, 1.82) is 0 Å². The largest absolute Gasteiger partial charge is 0.464 e. The number of alkyl halides is 2. The maximum absolute atomic E-state index is 15.0. The lowest BCUT2D eigenvalue weighted by Crippen LogP contribution is -2.61. The summed E-state index contributed by atoms with van der Waals surface area (Å²) in [5, 5.41) is 5.25. The summed E-state index contributed by atoms with van der Waals surface area (Å²) >= 11 is 0.